The van der Waals surface area contributed by atoms with Crippen molar-refractivity contribution < 1.29 is 17.6 Å². The van der Waals surface area contributed by atoms with E-state index in [0.717, 1.165) is 12.0 Å². The third-order valence-corrected chi connectivity index (χ3v) is 6.12. The maximum atomic E-state index is 13.3. The van der Waals surface area contributed by atoms with Gasteiger partial charge in [-0.1, -0.05) is 12.1 Å². The molecule has 0 aromatic heterocycles. The predicted octanol–water partition coefficient (Wildman–Crippen LogP) is 1.51. The van der Waals surface area contributed by atoms with Gasteiger partial charge in [0, 0.05) is 25.0 Å². The molecule has 0 spiro atoms. The maximum Gasteiger partial charge on any atom is 0.317 e. The molecule has 1 N–H and O–H groups in total. The van der Waals surface area contributed by atoms with Gasteiger partial charge < -0.3 is 10.2 Å². The summed E-state index contributed by atoms with van der Waals surface area (Å²) in [6.45, 7) is 1.14. The Morgan fingerprint density at radius 3 is 2.82 bits per heavy atom. The normalized spacial score (nSPS) is 27.0. The highest BCUT2D eigenvalue weighted by Gasteiger charge is 2.32. The van der Waals surface area contributed by atoms with Gasteiger partial charge in [-0.25, -0.2) is 17.6 Å². The molecule has 5 nitrogen and oxygen atoms in total. The fourth-order valence-corrected chi connectivity index (χ4v) is 4.83. The van der Waals surface area contributed by atoms with Crippen LogP contribution in [0.5, 0.6) is 0 Å². The van der Waals surface area contributed by atoms with Crippen LogP contribution in [-0.2, 0) is 9.84 Å². The Balaban J connectivity index is 1.57. The number of carbonyl (C=O) groups excluding carboxylic acids is 1. The second-order valence-electron chi connectivity index (χ2n) is 6.04. The zero-order valence-electron chi connectivity index (χ0n) is 12.2. The van der Waals surface area contributed by atoms with E-state index >= 15 is 0 Å². The highest BCUT2D eigenvalue weighted by molar-refractivity contribution is 7.91. The van der Waals surface area contributed by atoms with Crippen molar-refractivity contribution in [3.05, 3.63) is 35.6 Å². The van der Waals surface area contributed by atoms with E-state index in [-0.39, 0.29) is 35.3 Å². The Labute approximate surface area is 129 Å². The van der Waals surface area contributed by atoms with E-state index < -0.39 is 9.84 Å². The van der Waals surface area contributed by atoms with Gasteiger partial charge in [0.1, 0.15) is 5.82 Å². The van der Waals surface area contributed by atoms with E-state index in [9.17, 15) is 17.6 Å². The maximum absolute atomic E-state index is 13.3. The van der Waals surface area contributed by atoms with E-state index in [1.807, 2.05) is 6.07 Å². The lowest BCUT2D eigenvalue weighted by molar-refractivity contribution is 0.205. The lowest BCUT2D eigenvalue weighted by Crippen LogP contribution is -2.44. The average molecular weight is 326 g/mol. The van der Waals surface area contributed by atoms with Crippen LogP contribution >= 0.6 is 0 Å². The molecule has 120 valence electrons. The lowest BCUT2D eigenvalue weighted by atomic mass is 9.98. The van der Waals surface area contributed by atoms with E-state index in [0.29, 0.717) is 19.5 Å². The fourth-order valence-electron chi connectivity index (χ4n) is 3.15. The van der Waals surface area contributed by atoms with Gasteiger partial charge in [-0.2, -0.15) is 0 Å². The van der Waals surface area contributed by atoms with E-state index in [1.165, 1.54) is 12.1 Å². The van der Waals surface area contributed by atoms with Crippen LogP contribution in [0.3, 0.4) is 0 Å². The molecule has 2 heterocycles. The Morgan fingerprint density at radius 2 is 2.14 bits per heavy atom. The van der Waals surface area contributed by atoms with Gasteiger partial charge in [-0.05, 0) is 30.5 Å². The molecule has 3 rings (SSSR count). The summed E-state index contributed by atoms with van der Waals surface area (Å²) >= 11 is 0. The Morgan fingerprint density at radius 1 is 1.32 bits per heavy atom. The first-order valence-electron chi connectivity index (χ1n) is 7.44. The van der Waals surface area contributed by atoms with Crippen molar-refractivity contribution in [3.8, 4) is 0 Å². The summed E-state index contributed by atoms with van der Waals surface area (Å²) in [7, 11) is -3.00. The summed E-state index contributed by atoms with van der Waals surface area (Å²) in [6, 6.07) is 5.96. The van der Waals surface area contributed by atoms with Crippen molar-refractivity contribution in [2.75, 3.05) is 24.6 Å². The summed E-state index contributed by atoms with van der Waals surface area (Å²) in [6.07, 6.45) is 1.27. The molecular formula is C15H19FN2O3S. The average Bonchev–Trinajstić information content (AvgIpc) is 3.06. The Hall–Kier alpha value is -1.63. The number of carbonyl (C=O) groups is 1. The summed E-state index contributed by atoms with van der Waals surface area (Å²) < 4.78 is 36.1. The van der Waals surface area contributed by atoms with Crippen molar-refractivity contribution in [3.63, 3.8) is 0 Å². The molecule has 0 radical (unpaired) electrons. The minimum absolute atomic E-state index is 0.0277. The number of halogens is 1. The van der Waals surface area contributed by atoms with Gasteiger partial charge in [0.2, 0.25) is 0 Å². The highest BCUT2D eigenvalue weighted by atomic mass is 32.2. The SMILES string of the molecule is O=C(NC1CCS(=O)(=O)C1)N1CCC(c2cccc(F)c2)C1. The molecule has 2 unspecified atom stereocenters. The number of hydrogen-bond acceptors (Lipinski definition) is 3. The van der Waals surface area contributed by atoms with Crippen LogP contribution < -0.4 is 5.32 Å². The molecule has 2 aliphatic rings. The van der Waals surface area contributed by atoms with Gasteiger partial charge in [0.15, 0.2) is 9.84 Å². The number of urea groups is 1. The molecule has 1 aromatic rings. The zero-order chi connectivity index (χ0) is 15.7. The first-order valence-corrected chi connectivity index (χ1v) is 9.26. The van der Waals surface area contributed by atoms with Crippen LogP contribution in [0, 0.1) is 5.82 Å². The Bertz CT molecular complexity index is 677. The molecule has 2 atom stereocenters. The molecule has 2 amide bonds. The van der Waals surface area contributed by atoms with Crippen molar-refractivity contribution in [1.82, 2.24) is 10.2 Å². The molecule has 1 aromatic carbocycles. The summed E-state index contributed by atoms with van der Waals surface area (Å²) in [5, 5.41) is 2.79. The number of hydrogen-bond donors (Lipinski definition) is 1. The molecule has 0 bridgehead atoms. The third kappa shape index (κ3) is 3.40. The van der Waals surface area contributed by atoms with Crippen LogP contribution in [0.4, 0.5) is 9.18 Å². The predicted molar refractivity (Wildman–Crippen MR) is 80.9 cm³/mol. The van der Waals surface area contributed by atoms with E-state index in [2.05, 4.69) is 5.32 Å². The molecule has 22 heavy (non-hydrogen) atoms. The Kier molecular flexibility index (Phi) is 4.08. The molecule has 2 saturated heterocycles. The first kappa shape index (κ1) is 15.3. The summed E-state index contributed by atoms with van der Waals surface area (Å²) in [4.78, 5) is 13.9. The number of amides is 2. The standard InChI is InChI=1S/C15H19FN2O3S/c16-13-3-1-2-11(8-13)12-4-6-18(9-12)15(19)17-14-5-7-22(20,21)10-14/h1-3,8,12,14H,4-7,9-10H2,(H,17,19). The number of nitrogens with one attached hydrogen (secondary N) is 1. The topological polar surface area (TPSA) is 66.5 Å². The van der Waals surface area contributed by atoms with Crippen molar-refractivity contribution in [1.29, 1.82) is 0 Å². The van der Waals surface area contributed by atoms with Crippen LogP contribution in [0.25, 0.3) is 0 Å². The molecule has 2 aliphatic heterocycles. The van der Waals surface area contributed by atoms with Gasteiger partial charge >= 0.3 is 6.03 Å². The number of benzene rings is 1. The van der Waals surface area contributed by atoms with Crippen LogP contribution in [0.15, 0.2) is 24.3 Å². The van der Waals surface area contributed by atoms with Gasteiger partial charge in [0.05, 0.1) is 11.5 Å². The quantitative estimate of drug-likeness (QED) is 0.896. The minimum Gasteiger partial charge on any atom is -0.334 e. The van der Waals surface area contributed by atoms with Crippen LogP contribution in [0.1, 0.15) is 24.3 Å². The number of rotatable bonds is 2. The van der Waals surface area contributed by atoms with Gasteiger partial charge in [0.25, 0.3) is 0 Å². The molecule has 2 fully saturated rings. The monoisotopic (exact) mass is 326 g/mol. The summed E-state index contributed by atoms with van der Waals surface area (Å²) in [5.41, 5.74) is 0.902. The number of nitrogens with zero attached hydrogens (tertiary/aromatic N) is 1. The lowest BCUT2D eigenvalue weighted by Gasteiger charge is -2.20. The molecule has 0 aliphatic carbocycles. The van der Waals surface area contributed by atoms with Crippen LogP contribution in [-0.4, -0.2) is 50.0 Å². The van der Waals surface area contributed by atoms with Gasteiger partial charge in [-0.3, -0.25) is 0 Å². The van der Waals surface area contributed by atoms with Crippen LogP contribution in [0.2, 0.25) is 0 Å². The van der Waals surface area contributed by atoms with Gasteiger partial charge in [-0.15, -0.1) is 0 Å². The summed E-state index contributed by atoms with van der Waals surface area (Å²) in [5.74, 6) is 0.0364. The smallest absolute Gasteiger partial charge is 0.317 e. The fraction of sp³-hybridized carbons (Fsp3) is 0.533. The minimum atomic E-state index is -3.00. The number of likely N-dealkylation sites (tertiary alicyclic amines) is 1. The second kappa shape index (κ2) is 5.87. The van der Waals surface area contributed by atoms with Crippen molar-refractivity contribution in [2.45, 2.75) is 24.8 Å². The zero-order valence-corrected chi connectivity index (χ0v) is 13.0. The molecule has 0 saturated carbocycles. The molecule has 7 heteroatoms. The first-order chi connectivity index (χ1) is 10.4. The number of sulfone groups is 1. The largest absolute Gasteiger partial charge is 0.334 e. The van der Waals surface area contributed by atoms with Crippen molar-refractivity contribution >= 4 is 15.9 Å². The van der Waals surface area contributed by atoms with Crippen molar-refractivity contribution in [2.24, 2.45) is 0 Å². The third-order valence-electron chi connectivity index (χ3n) is 4.36. The van der Waals surface area contributed by atoms with E-state index in [4.69, 9.17) is 0 Å². The van der Waals surface area contributed by atoms with E-state index in [1.54, 1.807) is 11.0 Å². The second-order valence-corrected chi connectivity index (χ2v) is 8.26. The molecular weight excluding hydrogens is 307 g/mol. The highest BCUT2D eigenvalue weighted by Crippen LogP contribution is 2.27.